The van der Waals surface area contributed by atoms with E-state index in [2.05, 4.69) is 39.8 Å². The molecule has 0 radical (unpaired) electrons. The lowest BCUT2D eigenvalue weighted by atomic mass is 9.85. The molecule has 2 N–H and O–H groups in total. The van der Waals surface area contributed by atoms with E-state index >= 15 is 0 Å². The number of rotatable bonds is 0. The molecule has 12 heavy (non-hydrogen) atoms. The van der Waals surface area contributed by atoms with E-state index in [1.807, 2.05) is 6.07 Å². The van der Waals surface area contributed by atoms with Gasteiger partial charge in [-0.3, -0.25) is 0 Å². The molecule has 66 valence electrons. The summed E-state index contributed by atoms with van der Waals surface area (Å²) in [5, 5.41) is 0. The zero-order chi connectivity index (χ0) is 9.35. The van der Waals surface area contributed by atoms with Crippen molar-refractivity contribution in [1.82, 2.24) is 0 Å². The van der Waals surface area contributed by atoms with Crippen molar-refractivity contribution in [2.45, 2.75) is 33.1 Å². The number of nitrogens with two attached hydrogens (primary N) is 1. The zero-order valence-corrected chi connectivity index (χ0v) is 8.31. The molecule has 1 nitrogen and oxygen atoms in total. The number of nitrogen functional groups attached to an aromatic ring is 1. The van der Waals surface area contributed by atoms with Gasteiger partial charge in [-0.05, 0) is 29.5 Å². The van der Waals surface area contributed by atoms with Crippen LogP contribution in [0.5, 0.6) is 0 Å². The lowest BCUT2D eigenvalue weighted by Gasteiger charge is -2.21. The van der Waals surface area contributed by atoms with Crippen LogP contribution in [0.3, 0.4) is 0 Å². The Balaban J connectivity index is 3.19. The van der Waals surface area contributed by atoms with Gasteiger partial charge < -0.3 is 5.73 Å². The molecule has 0 aliphatic rings. The van der Waals surface area contributed by atoms with Crippen molar-refractivity contribution in [1.29, 1.82) is 0 Å². The van der Waals surface area contributed by atoms with E-state index < -0.39 is 0 Å². The van der Waals surface area contributed by atoms with Crippen molar-refractivity contribution in [3.8, 4) is 0 Å². The molecule has 1 aromatic rings. The molecule has 1 rings (SSSR count). The van der Waals surface area contributed by atoms with Gasteiger partial charge in [0.25, 0.3) is 0 Å². The number of aryl methyl sites for hydroxylation is 1. The zero-order valence-electron chi connectivity index (χ0n) is 8.31. The van der Waals surface area contributed by atoms with Crippen molar-refractivity contribution in [2.24, 2.45) is 0 Å². The molecule has 0 bridgehead atoms. The highest BCUT2D eigenvalue weighted by molar-refractivity contribution is 5.51. The second-order valence-corrected chi connectivity index (χ2v) is 4.34. The summed E-state index contributed by atoms with van der Waals surface area (Å²) < 4.78 is 0. The minimum Gasteiger partial charge on any atom is -0.398 e. The SMILES string of the molecule is Cc1ccc(C(C)(C)C)c(N)c1. The first-order valence-electron chi connectivity index (χ1n) is 4.28. The van der Waals surface area contributed by atoms with Gasteiger partial charge in [0, 0.05) is 5.69 Å². The third-order valence-electron chi connectivity index (χ3n) is 2.02. The van der Waals surface area contributed by atoms with Crippen molar-refractivity contribution >= 4 is 5.69 Å². The van der Waals surface area contributed by atoms with E-state index in [0.29, 0.717) is 0 Å². The van der Waals surface area contributed by atoms with Gasteiger partial charge in [-0.25, -0.2) is 0 Å². The van der Waals surface area contributed by atoms with Crippen LogP contribution in [0.2, 0.25) is 0 Å². The Labute approximate surface area is 74.6 Å². The maximum Gasteiger partial charge on any atom is 0.0354 e. The smallest absolute Gasteiger partial charge is 0.0354 e. The normalized spacial score (nSPS) is 11.7. The van der Waals surface area contributed by atoms with E-state index in [4.69, 9.17) is 5.73 Å². The lowest BCUT2D eigenvalue weighted by molar-refractivity contribution is 0.592. The van der Waals surface area contributed by atoms with Crippen LogP contribution >= 0.6 is 0 Å². The summed E-state index contributed by atoms with van der Waals surface area (Å²) in [6.45, 7) is 8.58. The average molecular weight is 163 g/mol. The van der Waals surface area contributed by atoms with Crippen molar-refractivity contribution in [3.63, 3.8) is 0 Å². The lowest BCUT2D eigenvalue weighted by Crippen LogP contribution is -2.13. The summed E-state index contributed by atoms with van der Waals surface area (Å²) in [7, 11) is 0. The largest absolute Gasteiger partial charge is 0.398 e. The number of hydrogen-bond acceptors (Lipinski definition) is 1. The van der Waals surface area contributed by atoms with Gasteiger partial charge in [0.2, 0.25) is 0 Å². The molecule has 0 aliphatic heterocycles. The van der Waals surface area contributed by atoms with Crippen LogP contribution in [-0.4, -0.2) is 0 Å². The molecule has 0 heterocycles. The highest BCUT2D eigenvalue weighted by Gasteiger charge is 2.15. The predicted octanol–water partition coefficient (Wildman–Crippen LogP) is 2.87. The number of benzene rings is 1. The average Bonchev–Trinajstić information content (AvgIpc) is 1.83. The highest BCUT2D eigenvalue weighted by atomic mass is 14.6. The van der Waals surface area contributed by atoms with Crippen LogP contribution in [0.25, 0.3) is 0 Å². The summed E-state index contributed by atoms with van der Waals surface area (Å²) >= 11 is 0. The maximum atomic E-state index is 5.91. The van der Waals surface area contributed by atoms with Crippen LogP contribution in [0.1, 0.15) is 31.9 Å². The first-order valence-corrected chi connectivity index (χ1v) is 4.28. The Kier molecular flexibility index (Phi) is 2.14. The van der Waals surface area contributed by atoms with Crippen LogP contribution in [0.15, 0.2) is 18.2 Å². The van der Waals surface area contributed by atoms with E-state index in [9.17, 15) is 0 Å². The summed E-state index contributed by atoms with van der Waals surface area (Å²) in [5.74, 6) is 0. The molecule has 0 aliphatic carbocycles. The van der Waals surface area contributed by atoms with Crippen LogP contribution < -0.4 is 5.73 Å². The molecule has 0 spiro atoms. The van der Waals surface area contributed by atoms with Crippen LogP contribution in [0, 0.1) is 6.92 Å². The van der Waals surface area contributed by atoms with E-state index in [-0.39, 0.29) is 5.41 Å². The Morgan fingerprint density at radius 2 is 1.75 bits per heavy atom. The maximum absolute atomic E-state index is 5.91. The Morgan fingerprint density at radius 1 is 1.17 bits per heavy atom. The first-order chi connectivity index (χ1) is 5.41. The number of anilines is 1. The molecule has 1 aromatic carbocycles. The first kappa shape index (κ1) is 9.11. The van der Waals surface area contributed by atoms with E-state index in [1.54, 1.807) is 0 Å². The summed E-state index contributed by atoms with van der Waals surface area (Å²) in [6, 6.07) is 6.25. The van der Waals surface area contributed by atoms with Gasteiger partial charge in [0.1, 0.15) is 0 Å². The van der Waals surface area contributed by atoms with Gasteiger partial charge in [0.05, 0.1) is 0 Å². The monoisotopic (exact) mass is 163 g/mol. The molecular weight excluding hydrogens is 146 g/mol. The Hall–Kier alpha value is -0.980. The van der Waals surface area contributed by atoms with Crippen molar-refractivity contribution < 1.29 is 0 Å². The fourth-order valence-electron chi connectivity index (χ4n) is 1.37. The molecule has 0 saturated heterocycles. The van der Waals surface area contributed by atoms with Crippen LogP contribution in [-0.2, 0) is 5.41 Å². The van der Waals surface area contributed by atoms with Gasteiger partial charge >= 0.3 is 0 Å². The third-order valence-corrected chi connectivity index (χ3v) is 2.02. The number of hydrogen-bond donors (Lipinski definition) is 1. The molecule has 0 fully saturated rings. The van der Waals surface area contributed by atoms with Gasteiger partial charge in [-0.1, -0.05) is 32.9 Å². The molecule has 0 unspecified atom stereocenters. The standard InChI is InChI=1S/C11H17N/c1-8-5-6-9(10(12)7-8)11(2,3)4/h5-7H,12H2,1-4H3. The summed E-state index contributed by atoms with van der Waals surface area (Å²) in [5.41, 5.74) is 9.42. The second-order valence-electron chi connectivity index (χ2n) is 4.34. The minimum absolute atomic E-state index is 0.151. The van der Waals surface area contributed by atoms with Gasteiger partial charge in [-0.15, -0.1) is 0 Å². The summed E-state index contributed by atoms with van der Waals surface area (Å²) in [4.78, 5) is 0. The molecule has 0 aromatic heterocycles. The molecule has 0 atom stereocenters. The summed E-state index contributed by atoms with van der Waals surface area (Å²) in [6.07, 6.45) is 0. The van der Waals surface area contributed by atoms with Gasteiger partial charge in [-0.2, -0.15) is 0 Å². The predicted molar refractivity (Wildman–Crippen MR) is 54.3 cm³/mol. The quantitative estimate of drug-likeness (QED) is 0.585. The molecule has 0 amide bonds. The van der Waals surface area contributed by atoms with Crippen molar-refractivity contribution in [2.75, 3.05) is 5.73 Å². The minimum atomic E-state index is 0.151. The topological polar surface area (TPSA) is 26.0 Å². The van der Waals surface area contributed by atoms with Gasteiger partial charge in [0.15, 0.2) is 0 Å². The third kappa shape index (κ3) is 1.79. The van der Waals surface area contributed by atoms with Crippen LogP contribution in [0.4, 0.5) is 5.69 Å². The van der Waals surface area contributed by atoms with E-state index in [1.165, 1.54) is 11.1 Å². The van der Waals surface area contributed by atoms with Crippen molar-refractivity contribution in [3.05, 3.63) is 29.3 Å². The highest BCUT2D eigenvalue weighted by Crippen LogP contribution is 2.27. The second kappa shape index (κ2) is 2.81. The Morgan fingerprint density at radius 3 is 2.17 bits per heavy atom. The fraction of sp³-hybridized carbons (Fsp3) is 0.455. The molecular formula is C11H17N. The molecule has 1 heteroatoms. The van der Waals surface area contributed by atoms with E-state index in [0.717, 1.165) is 5.69 Å². The Bertz CT molecular complexity index is 282. The molecule has 0 saturated carbocycles. The fourth-order valence-corrected chi connectivity index (χ4v) is 1.37.